The van der Waals surface area contributed by atoms with E-state index in [-0.39, 0.29) is 25.3 Å². The fourth-order valence-corrected chi connectivity index (χ4v) is 2.67. The fraction of sp³-hybridized carbons (Fsp3) is 0.632. The van der Waals surface area contributed by atoms with Crippen molar-refractivity contribution in [1.82, 2.24) is 21.3 Å². The molecule has 34 heavy (non-hydrogen) atoms. The summed E-state index contributed by atoms with van der Waals surface area (Å²) in [4.78, 5) is 74.6. The molecule has 11 N–H and O–H groups in total. The van der Waals surface area contributed by atoms with Crippen molar-refractivity contribution >= 4 is 41.5 Å². The number of hydrogen-bond donors (Lipinski definition) is 8. The minimum atomic E-state index is -1.24. The number of nitrogens with zero attached hydrogens (tertiary/aromatic N) is 1. The number of rotatable bonds is 15. The summed E-state index contributed by atoms with van der Waals surface area (Å²) in [6.07, 6.45) is -0.200. The van der Waals surface area contributed by atoms with Crippen LogP contribution in [0.25, 0.3) is 0 Å². The van der Waals surface area contributed by atoms with Crippen LogP contribution in [-0.2, 0) is 28.8 Å². The van der Waals surface area contributed by atoms with Gasteiger partial charge in [0, 0.05) is 19.9 Å². The van der Waals surface area contributed by atoms with E-state index in [0.717, 1.165) is 0 Å². The van der Waals surface area contributed by atoms with E-state index in [2.05, 4.69) is 26.3 Å². The first-order valence-corrected chi connectivity index (χ1v) is 10.5. The number of aliphatic carboxylic acids is 1. The van der Waals surface area contributed by atoms with Gasteiger partial charge in [0.15, 0.2) is 5.96 Å². The van der Waals surface area contributed by atoms with Crippen LogP contribution in [0.3, 0.4) is 0 Å². The third-order valence-corrected chi connectivity index (χ3v) is 4.45. The molecule has 4 atom stereocenters. The zero-order chi connectivity index (χ0) is 26.4. The molecule has 0 radical (unpaired) electrons. The first kappa shape index (κ1) is 30.1. The van der Waals surface area contributed by atoms with Crippen LogP contribution in [0.1, 0.15) is 46.5 Å². The van der Waals surface area contributed by atoms with E-state index in [1.54, 1.807) is 0 Å². The monoisotopic (exact) mass is 486 g/mol. The summed E-state index contributed by atoms with van der Waals surface area (Å²) in [6.45, 7) is 4.19. The van der Waals surface area contributed by atoms with Gasteiger partial charge in [-0.15, -0.1) is 0 Å². The number of amides is 5. The van der Waals surface area contributed by atoms with Crippen molar-refractivity contribution in [1.29, 1.82) is 0 Å². The third-order valence-electron chi connectivity index (χ3n) is 4.45. The molecule has 192 valence electrons. The Hall–Kier alpha value is -3.91. The van der Waals surface area contributed by atoms with E-state index in [9.17, 15) is 28.8 Å². The smallest absolute Gasteiger partial charge is 0.303 e. The van der Waals surface area contributed by atoms with Crippen LogP contribution >= 0.6 is 0 Å². The molecule has 0 unspecified atom stereocenters. The van der Waals surface area contributed by atoms with Crippen molar-refractivity contribution in [2.24, 2.45) is 22.2 Å². The van der Waals surface area contributed by atoms with Gasteiger partial charge >= 0.3 is 5.97 Å². The minimum Gasteiger partial charge on any atom is -0.481 e. The molecule has 0 bridgehead atoms. The summed E-state index contributed by atoms with van der Waals surface area (Å²) in [5.41, 5.74) is 15.7. The number of carbonyl (C=O) groups is 6. The van der Waals surface area contributed by atoms with Gasteiger partial charge in [-0.3, -0.25) is 33.8 Å². The van der Waals surface area contributed by atoms with E-state index in [0.29, 0.717) is 6.42 Å². The largest absolute Gasteiger partial charge is 0.481 e. The first-order valence-electron chi connectivity index (χ1n) is 10.5. The number of nitrogens with two attached hydrogens (primary N) is 3. The SMILES string of the molecule is CC(=O)N[C@@H](C)C(=O)N[C@@H](CCCN=C(N)N)C(=O)N[C@@H](C)C(=O)N[C@@H](CCC(=O)O)C(N)=O. The van der Waals surface area contributed by atoms with Gasteiger partial charge in [-0.05, 0) is 33.1 Å². The maximum atomic E-state index is 12.8. The standard InChI is InChI=1S/C19H34N8O7/c1-9(24-11(3)28)16(32)27-13(5-4-8-23-19(21)22)18(34)25-10(2)17(33)26-12(15(20)31)6-7-14(29)30/h9-10,12-13H,4-8H2,1-3H3,(H2,20,31)(H,24,28)(H,25,34)(H,26,33)(H,27,32)(H,29,30)(H4,21,22,23)/t9-,10-,12-,13-/m0/s1. The highest BCUT2D eigenvalue weighted by Gasteiger charge is 2.28. The van der Waals surface area contributed by atoms with Gasteiger partial charge in [0.05, 0.1) is 0 Å². The summed E-state index contributed by atoms with van der Waals surface area (Å²) in [5, 5.41) is 18.3. The number of primary amides is 1. The lowest BCUT2D eigenvalue weighted by atomic mass is 10.1. The lowest BCUT2D eigenvalue weighted by molar-refractivity contribution is -0.138. The van der Waals surface area contributed by atoms with Crippen molar-refractivity contribution in [3.8, 4) is 0 Å². The number of aliphatic imine (C=N–C) groups is 1. The molecule has 0 aliphatic rings. The van der Waals surface area contributed by atoms with Crippen molar-refractivity contribution in [2.75, 3.05) is 6.54 Å². The Morgan fingerprint density at radius 1 is 0.794 bits per heavy atom. The zero-order valence-corrected chi connectivity index (χ0v) is 19.4. The van der Waals surface area contributed by atoms with E-state index in [1.807, 2.05) is 0 Å². The third kappa shape index (κ3) is 12.8. The molecule has 0 aliphatic heterocycles. The minimum absolute atomic E-state index is 0.109. The Labute approximate surface area is 196 Å². The summed E-state index contributed by atoms with van der Waals surface area (Å²) >= 11 is 0. The van der Waals surface area contributed by atoms with Crippen LogP contribution in [0, 0.1) is 0 Å². The topological polar surface area (TPSA) is 261 Å². The Balaban J connectivity index is 5.21. The summed E-state index contributed by atoms with van der Waals surface area (Å²) in [6, 6.07) is -4.40. The van der Waals surface area contributed by atoms with E-state index < -0.39 is 66.1 Å². The Kier molecular flexibility index (Phi) is 13.3. The number of hydrogen-bond acceptors (Lipinski definition) is 7. The lowest BCUT2D eigenvalue weighted by Gasteiger charge is -2.23. The number of carboxylic acid groups (broad SMARTS) is 1. The molecule has 0 fully saturated rings. The van der Waals surface area contributed by atoms with Gasteiger partial charge in [0.25, 0.3) is 0 Å². The molecule has 0 aromatic carbocycles. The second kappa shape index (κ2) is 15.0. The maximum Gasteiger partial charge on any atom is 0.303 e. The van der Waals surface area contributed by atoms with Crippen LogP contribution in [-0.4, -0.2) is 77.3 Å². The molecule has 0 spiro atoms. The molecule has 0 rings (SSSR count). The lowest BCUT2D eigenvalue weighted by Crippen LogP contribution is -2.57. The molecule has 0 aromatic rings. The number of nitrogens with one attached hydrogen (secondary N) is 4. The van der Waals surface area contributed by atoms with Crippen LogP contribution in [0.2, 0.25) is 0 Å². The molecule has 0 heterocycles. The van der Waals surface area contributed by atoms with Gasteiger partial charge in [0.2, 0.25) is 29.5 Å². The van der Waals surface area contributed by atoms with E-state index in [1.165, 1.54) is 20.8 Å². The van der Waals surface area contributed by atoms with Crippen molar-refractivity contribution in [2.45, 2.75) is 70.6 Å². The second-order valence-electron chi connectivity index (χ2n) is 7.56. The van der Waals surface area contributed by atoms with Crippen molar-refractivity contribution < 1.29 is 33.9 Å². The summed E-state index contributed by atoms with van der Waals surface area (Å²) < 4.78 is 0. The highest BCUT2D eigenvalue weighted by Crippen LogP contribution is 2.02. The van der Waals surface area contributed by atoms with Gasteiger partial charge in [-0.1, -0.05) is 0 Å². The molecule has 5 amide bonds. The molecule has 15 heteroatoms. The molecule has 0 saturated heterocycles. The van der Waals surface area contributed by atoms with Crippen LogP contribution in [0.15, 0.2) is 4.99 Å². The average molecular weight is 487 g/mol. The zero-order valence-electron chi connectivity index (χ0n) is 19.4. The van der Waals surface area contributed by atoms with Crippen LogP contribution in [0.5, 0.6) is 0 Å². The molecule has 0 saturated carbocycles. The van der Waals surface area contributed by atoms with Gasteiger partial charge in [0.1, 0.15) is 24.2 Å². The highest BCUT2D eigenvalue weighted by atomic mass is 16.4. The van der Waals surface area contributed by atoms with Crippen LogP contribution < -0.4 is 38.5 Å². The molecule has 0 aromatic heterocycles. The Morgan fingerprint density at radius 3 is 1.79 bits per heavy atom. The highest BCUT2D eigenvalue weighted by molar-refractivity contribution is 5.95. The van der Waals surface area contributed by atoms with Gasteiger partial charge in [-0.2, -0.15) is 0 Å². The second-order valence-corrected chi connectivity index (χ2v) is 7.56. The predicted octanol–water partition coefficient (Wildman–Crippen LogP) is -3.61. The molecular formula is C19H34N8O7. The fourth-order valence-electron chi connectivity index (χ4n) is 2.67. The van der Waals surface area contributed by atoms with E-state index >= 15 is 0 Å². The molecule has 0 aliphatic carbocycles. The number of guanidine groups is 1. The normalized spacial score (nSPS) is 13.9. The van der Waals surface area contributed by atoms with Gasteiger partial charge < -0.3 is 43.6 Å². The quantitative estimate of drug-likeness (QED) is 0.0644. The van der Waals surface area contributed by atoms with Crippen molar-refractivity contribution in [3.63, 3.8) is 0 Å². The molecule has 15 nitrogen and oxygen atoms in total. The predicted molar refractivity (Wildman–Crippen MR) is 121 cm³/mol. The summed E-state index contributed by atoms with van der Waals surface area (Å²) in [7, 11) is 0. The number of carbonyl (C=O) groups excluding carboxylic acids is 5. The average Bonchev–Trinajstić information content (AvgIpc) is 2.71. The maximum absolute atomic E-state index is 12.8. The first-order chi connectivity index (χ1) is 15.7. The van der Waals surface area contributed by atoms with Gasteiger partial charge in [-0.25, -0.2) is 0 Å². The molecular weight excluding hydrogens is 452 g/mol. The Bertz CT molecular complexity index is 798. The Morgan fingerprint density at radius 2 is 1.32 bits per heavy atom. The van der Waals surface area contributed by atoms with E-state index in [4.69, 9.17) is 22.3 Å². The van der Waals surface area contributed by atoms with Crippen molar-refractivity contribution in [3.05, 3.63) is 0 Å². The van der Waals surface area contributed by atoms with Crippen LogP contribution in [0.4, 0.5) is 0 Å². The summed E-state index contributed by atoms with van der Waals surface area (Å²) in [5.74, 6) is -4.79. The number of carboxylic acids is 1.